The molecule has 0 N–H and O–H groups in total. The number of halogens is 1. The zero-order valence-corrected chi connectivity index (χ0v) is 21.6. The normalized spacial score (nSPS) is 18.6. The minimum absolute atomic E-state index is 0.0467. The Hall–Kier alpha value is -2.45. The molecule has 2 aliphatic rings. The number of benzene rings is 1. The Morgan fingerprint density at radius 3 is 2.73 bits per heavy atom. The molecule has 0 unspecified atom stereocenters. The molecular formula is C25H28BrN5OS. The molecule has 1 fully saturated rings. The molecule has 3 aromatic rings. The van der Waals surface area contributed by atoms with Gasteiger partial charge in [-0.05, 0) is 45.6 Å². The van der Waals surface area contributed by atoms with Gasteiger partial charge >= 0.3 is 0 Å². The monoisotopic (exact) mass is 525 g/mol. The van der Waals surface area contributed by atoms with Crippen LogP contribution >= 0.6 is 27.5 Å². The van der Waals surface area contributed by atoms with Crippen molar-refractivity contribution < 1.29 is 4.79 Å². The fraction of sp³-hybridized carbons (Fsp3) is 0.400. The summed E-state index contributed by atoms with van der Waals surface area (Å²) in [6.07, 6.45) is 6.07. The summed E-state index contributed by atoms with van der Waals surface area (Å²) < 4.78 is 4.24. The maximum absolute atomic E-state index is 13.8. The van der Waals surface area contributed by atoms with E-state index < -0.39 is 0 Å². The van der Waals surface area contributed by atoms with Crippen LogP contribution in [-0.2, 0) is 13.1 Å². The molecular weight excluding hydrogens is 498 g/mol. The van der Waals surface area contributed by atoms with Gasteiger partial charge in [0.15, 0.2) is 0 Å². The van der Waals surface area contributed by atoms with E-state index in [9.17, 15) is 4.79 Å². The van der Waals surface area contributed by atoms with E-state index in [0.29, 0.717) is 5.69 Å². The van der Waals surface area contributed by atoms with Crippen molar-refractivity contribution in [1.29, 1.82) is 0 Å². The molecule has 0 saturated carbocycles. The highest BCUT2D eigenvalue weighted by molar-refractivity contribution is 9.07. The number of amides is 1. The van der Waals surface area contributed by atoms with Gasteiger partial charge in [-0.25, -0.2) is 9.97 Å². The molecule has 2 aliphatic heterocycles. The molecule has 8 heteroatoms. The Morgan fingerprint density at radius 1 is 1.15 bits per heavy atom. The predicted molar refractivity (Wildman–Crippen MR) is 136 cm³/mol. The summed E-state index contributed by atoms with van der Waals surface area (Å²) in [5, 5.41) is 0.921. The number of thiazole rings is 1. The Bertz CT molecular complexity index is 1210. The smallest absolute Gasteiger partial charge is 0.274 e. The summed E-state index contributed by atoms with van der Waals surface area (Å²) in [5.41, 5.74) is 5.04. The van der Waals surface area contributed by atoms with Crippen molar-refractivity contribution in [2.45, 2.75) is 59.2 Å². The van der Waals surface area contributed by atoms with Crippen LogP contribution in [0, 0.1) is 6.92 Å². The second kappa shape index (κ2) is 9.06. The van der Waals surface area contributed by atoms with Gasteiger partial charge in [-0.1, -0.05) is 30.3 Å². The molecule has 4 heterocycles. The first-order valence-electron chi connectivity index (χ1n) is 11.4. The van der Waals surface area contributed by atoms with Gasteiger partial charge < -0.3 is 9.47 Å². The van der Waals surface area contributed by atoms with Crippen LogP contribution in [0.5, 0.6) is 0 Å². The van der Waals surface area contributed by atoms with Crippen molar-refractivity contribution in [2.75, 3.05) is 6.54 Å². The van der Waals surface area contributed by atoms with Gasteiger partial charge in [0.25, 0.3) is 5.91 Å². The van der Waals surface area contributed by atoms with Gasteiger partial charge in [0, 0.05) is 36.5 Å². The van der Waals surface area contributed by atoms with Gasteiger partial charge in [-0.3, -0.25) is 8.72 Å². The van der Waals surface area contributed by atoms with Gasteiger partial charge in [-0.15, -0.1) is 11.3 Å². The molecule has 0 bridgehead atoms. The third-order valence-corrected chi connectivity index (χ3v) is 8.43. The van der Waals surface area contributed by atoms with Crippen LogP contribution < -0.4 is 0 Å². The van der Waals surface area contributed by atoms with E-state index in [1.165, 1.54) is 11.3 Å². The number of aryl methyl sites for hydroxylation is 1. The molecule has 1 saturated heterocycles. The highest BCUT2D eigenvalue weighted by Crippen LogP contribution is 2.33. The van der Waals surface area contributed by atoms with Crippen molar-refractivity contribution in [1.82, 2.24) is 23.4 Å². The molecule has 1 amide bonds. The highest BCUT2D eigenvalue weighted by Gasteiger charge is 2.32. The number of aromatic nitrogens is 3. The number of allylic oxidation sites excluding steroid dienone is 2. The molecule has 1 aromatic carbocycles. The standard InChI is InChI=1S/C25H28BrN5OS/c1-16-17(2)31(26)15-29-14-20(28-24(16)29)13-21-11-7-8-12-30(21)25(32)22-23(33-18(3)27-22)19-9-5-4-6-10-19/h4-6,9-10,14,21H,7-8,11-13,15H2,1-3H3/t21-/m0/s1. The number of rotatable bonds is 4. The Labute approximate surface area is 207 Å². The second-order valence-electron chi connectivity index (χ2n) is 8.87. The highest BCUT2D eigenvalue weighted by atomic mass is 79.9. The first kappa shape index (κ1) is 22.3. The maximum atomic E-state index is 13.8. The van der Waals surface area contributed by atoms with Crippen LogP contribution in [0.4, 0.5) is 0 Å². The fourth-order valence-corrected chi connectivity index (χ4v) is 6.20. The van der Waals surface area contributed by atoms with E-state index in [1.54, 1.807) is 11.3 Å². The van der Waals surface area contributed by atoms with E-state index in [0.717, 1.165) is 65.9 Å². The summed E-state index contributed by atoms with van der Waals surface area (Å²) in [5.74, 6) is 1.07. The number of hydrogen-bond donors (Lipinski definition) is 0. The molecule has 1 atom stereocenters. The molecule has 6 nitrogen and oxygen atoms in total. The van der Waals surface area contributed by atoms with E-state index in [-0.39, 0.29) is 11.9 Å². The van der Waals surface area contributed by atoms with Crippen molar-refractivity contribution >= 4 is 39.0 Å². The Morgan fingerprint density at radius 2 is 1.94 bits per heavy atom. The number of hydrogen-bond acceptors (Lipinski definition) is 5. The average Bonchev–Trinajstić information content (AvgIpc) is 3.41. The van der Waals surface area contributed by atoms with E-state index in [1.807, 2.05) is 30.0 Å². The van der Waals surface area contributed by atoms with Crippen LogP contribution in [0.2, 0.25) is 0 Å². The van der Waals surface area contributed by atoms with Crippen molar-refractivity contribution in [3.05, 3.63) is 64.4 Å². The summed E-state index contributed by atoms with van der Waals surface area (Å²) in [6.45, 7) is 7.69. The fourth-order valence-electron chi connectivity index (χ4n) is 4.77. The number of nitrogens with zero attached hydrogens (tertiary/aromatic N) is 5. The van der Waals surface area contributed by atoms with Crippen LogP contribution in [0.25, 0.3) is 16.0 Å². The molecule has 5 rings (SSSR count). The molecule has 2 aromatic heterocycles. The first-order chi connectivity index (χ1) is 15.9. The van der Waals surface area contributed by atoms with E-state index in [4.69, 9.17) is 4.98 Å². The third-order valence-electron chi connectivity index (χ3n) is 6.65. The van der Waals surface area contributed by atoms with Crippen molar-refractivity contribution in [2.24, 2.45) is 0 Å². The van der Waals surface area contributed by atoms with Crippen molar-refractivity contribution in [3.8, 4) is 10.4 Å². The lowest BCUT2D eigenvalue weighted by Gasteiger charge is -2.35. The Balaban J connectivity index is 1.42. The average molecular weight is 527 g/mol. The molecule has 172 valence electrons. The first-order valence-corrected chi connectivity index (χ1v) is 13.0. The van der Waals surface area contributed by atoms with E-state index in [2.05, 4.69) is 61.8 Å². The SMILES string of the molecule is CC1=C(C)N(Br)Cn2cc(C[C@@H]3CCCCN3C(=O)c3nc(C)sc3-c3ccccc3)nc21. The van der Waals surface area contributed by atoms with Crippen LogP contribution in [0.3, 0.4) is 0 Å². The largest absolute Gasteiger partial charge is 0.334 e. The topological polar surface area (TPSA) is 54.3 Å². The summed E-state index contributed by atoms with van der Waals surface area (Å²) in [4.78, 5) is 26.4. The lowest BCUT2D eigenvalue weighted by Crippen LogP contribution is -2.45. The quantitative estimate of drug-likeness (QED) is 0.398. The number of fused-ring (bicyclic) bond motifs is 1. The van der Waals surface area contributed by atoms with Crippen molar-refractivity contribution in [3.63, 3.8) is 0 Å². The molecule has 33 heavy (non-hydrogen) atoms. The van der Waals surface area contributed by atoms with Crippen LogP contribution in [0.1, 0.15) is 60.1 Å². The van der Waals surface area contributed by atoms with Gasteiger partial charge in [-0.2, -0.15) is 0 Å². The van der Waals surface area contributed by atoms with Gasteiger partial charge in [0.2, 0.25) is 0 Å². The van der Waals surface area contributed by atoms with Crippen LogP contribution in [-0.4, -0.2) is 41.9 Å². The second-order valence-corrected chi connectivity index (χ2v) is 10.9. The lowest BCUT2D eigenvalue weighted by molar-refractivity contribution is 0.0608. The van der Waals surface area contributed by atoms with Crippen LogP contribution in [0.15, 0.2) is 42.2 Å². The number of carbonyl (C=O) groups excluding carboxylic acids is 1. The Kier molecular flexibility index (Phi) is 6.14. The molecule has 0 aliphatic carbocycles. The zero-order valence-electron chi connectivity index (χ0n) is 19.2. The van der Waals surface area contributed by atoms with Gasteiger partial charge in [0.1, 0.15) is 18.2 Å². The lowest BCUT2D eigenvalue weighted by atomic mass is 9.97. The summed E-state index contributed by atoms with van der Waals surface area (Å²) in [7, 11) is 0. The summed E-state index contributed by atoms with van der Waals surface area (Å²) in [6, 6.07) is 10.3. The maximum Gasteiger partial charge on any atom is 0.274 e. The minimum Gasteiger partial charge on any atom is -0.334 e. The summed E-state index contributed by atoms with van der Waals surface area (Å²) >= 11 is 5.22. The third kappa shape index (κ3) is 4.26. The van der Waals surface area contributed by atoms with Gasteiger partial charge in [0.05, 0.1) is 31.7 Å². The predicted octanol–water partition coefficient (Wildman–Crippen LogP) is 5.89. The number of carbonyl (C=O) groups is 1. The molecule has 0 spiro atoms. The zero-order chi connectivity index (χ0) is 23.1. The van der Waals surface area contributed by atoms with E-state index >= 15 is 0 Å². The number of likely N-dealkylation sites (tertiary alicyclic amines) is 1. The number of imidazole rings is 1. The molecule has 0 radical (unpaired) electrons. The minimum atomic E-state index is 0.0467. The number of piperidine rings is 1.